The maximum atomic E-state index is 11.6. The zero-order valence-electron chi connectivity index (χ0n) is 11.3. The summed E-state index contributed by atoms with van der Waals surface area (Å²) in [5.74, 6) is -1.55. The Balaban J connectivity index is 2.83. The number of aliphatic imine (C=N–C) groups is 1. The van der Waals surface area contributed by atoms with Crippen LogP contribution in [0.3, 0.4) is 0 Å². The van der Waals surface area contributed by atoms with Gasteiger partial charge in [-0.3, -0.25) is 14.5 Å². The lowest BCUT2D eigenvalue weighted by Gasteiger charge is -2.25. The Labute approximate surface area is 112 Å². The number of carbonyl (C=O) groups excluding carboxylic acids is 3. The van der Waals surface area contributed by atoms with Gasteiger partial charge in [0.2, 0.25) is 6.08 Å². The molecular weight excluding hydrogens is 251 g/mol. The molecule has 0 N–H and O–H groups in total. The second kappa shape index (κ2) is 7.06. The third kappa shape index (κ3) is 5.24. The van der Waals surface area contributed by atoms with Crippen molar-refractivity contribution in [1.29, 1.82) is 0 Å². The van der Waals surface area contributed by atoms with Crippen LogP contribution in [0, 0.1) is 5.92 Å². The number of nitrogens with zero attached hydrogens (tertiary/aromatic N) is 2. The van der Waals surface area contributed by atoms with E-state index in [-0.39, 0.29) is 19.0 Å². The molecule has 0 aromatic heterocycles. The molecular formula is C11H17BN2O5. The Morgan fingerprint density at radius 2 is 1.84 bits per heavy atom. The summed E-state index contributed by atoms with van der Waals surface area (Å²) in [4.78, 5) is 38.6. The maximum Gasteiger partial charge on any atom is 0.626 e. The Bertz CT molecular complexity index is 375. The highest BCUT2D eigenvalue weighted by Crippen LogP contribution is 2.14. The fraction of sp³-hybridized carbons (Fsp3) is 0.727. The first-order valence-corrected chi connectivity index (χ1v) is 6.07. The first kappa shape index (κ1) is 15.4. The van der Waals surface area contributed by atoms with Gasteiger partial charge in [0.05, 0.1) is 13.1 Å². The highest BCUT2D eigenvalue weighted by molar-refractivity contribution is 6.51. The van der Waals surface area contributed by atoms with E-state index in [0.29, 0.717) is 6.42 Å². The van der Waals surface area contributed by atoms with Crippen LogP contribution in [-0.2, 0) is 23.7 Å². The average molecular weight is 268 g/mol. The molecule has 1 saturated heterocycles. The molecule has 8 heteroatoms. The van der Waals surface area contributed by atoms with Crippen molar-refractivity contribution in [3.63, 3.8) is 0 Å². The summed E-state index contributed by atoms with van der Waals surface area (Å²) in [5, 5.41) is 0. The van der Waals surface area contributed by atoms with E-state index in [9.17, 15) is 14.4 Å². The molecule has 1 fully saturated rings. The van der Waals surface area contributed by atoms with Gasteiger partial charge < -0.3 is 9.31 Å². The smallest absolute Gasteiger partial charge is 0.497 e. The van der Waals surface area contributed by atoms with Gasteiger partial charge in [0.1, 0.15) is 5.94 Å². The summed E-state index contributed by atoms with van der Waals surface area (Å²) >= 11 is 0. The largest absolute Gasteiger partial charge is 0.626 e. The van der Waals surface area contributed by atoms with Crippen LogP contribution >= 0.6 is 0 Å². The predicted molar refractivity (Wildman–Crippen MR) is 66.8 cm³/mol. The standard InChI is InChI=1S/C11H17BN2O5/c1-8(2)4-9(13-7-15)12-18-10(16)5-14(3)6-11(17)19-12/h8-9H,4-6H2,1-3H3. The van der Waals surface area contributed by atoms with Gasteiger partial charge in [0.15, 0.2) is 0 Å². The zero-order chi connectivity index (χ0) is 14.4. The third-order valence-electron chi connectivity index (χ3n) is 2.54. The summed E-state index contributed by atoms with van der Waals surface area (Å²) in [6, 6.07) is 0. The predicted octanol–water partition coefficient (Wildman–Crippen LogP) is -0.204. The molecule has 0 bridgehead atoms. The Kier molecular flexibility index (Phi) is 5.72. The van der Waals surface area contributed by atoms with Crippen LogP contribution in [0.2, 0.25) is 0 Å². The van der Waals surface area contributed by atoms with Gasteiger partial charge in [-0.2, -0.15) is 0 Å². The van der Waals surface area contributed by atoms with Crippen LogP contribution < -0.4 is 0 Å². The van der Waals surface area contributed by atoms with Crippen molar-refractivity contribution in [2.24, 2.45) is 10.9 Å². The Morgan fingerprint density at radius 1 is 1.32 bits per heavy atom. The summed E-state index contributed by atoms with van der Waals surface area (Å²) in [7, 11) is 0.454. The molecule has 0 amide bonds. The lowest BCUT2D eigenvalue weighted by Crippen LogP contribution is -2.47. The van der Waals surface area contributed by atoms with Crippen LogP contribution in [0.4, 0.5) is 0 Å². The molecule has 0 aromatic carbocycles. The Morgan fingerprint density at radius 3 is 2.26 bits per heavy atom. The van der Waals surface area contributed by atoms with Crippen LogP contribution in [0.1, 0.15) is 20.3 Å². The molecule has 19 heavy (non-hydrogen) atoms. The van der Waals surface area contributed by atoms with Crippen LogP contribution in [0.15, 0.2) is 4.99 Å². The third-order valence-corrected chi connectivity index (χ3v) is 2.54. The minimum Gasteiger partial charge on any atom is -0.497 e. The molecule has 1 atom stereocenters. The fourth-order valence-electron chi connectivity index (χ4n) is 1.79. The molecule has 0 spiro atoms. The SMILES string of the molecule is CC(C)CC(N=C=O)B1OC(=O)CN(C)CC(=O)O1. The summed E-state index contributed by atoms with van der Waals surface area (Å²) in [6.45, 7) is 3.83. The summed E-state index contributed by atoms with van der Waals surface area (Å²) in [5.41, 5.74) is 0. The first-order chi connectivity index (χ1) is 8.92. The minimum absolute atomic E-state index is 0.00912. The molecule has 1 unspecified atom stereocenters. The van der Waals surface area contributed by atoms with Crippen LogP contribution in [0.25, 0.3) is 0 Å². The van der Waals surface area contributed by atoms with E-state index in [2.05, 4.69) is 4.99 Å². The summed E-state index contributed by atoms with van der Waals surface area (Å²) in [6.07, 6.45) is 1.88. The van der Waals surface area contributed by atoms with Gasteiger partial charge in [-0.25, -0.2) is 9.79 Å². The monoisotopic (exact) mass is 268 g/mol. The van der Waals surface area contributed by atoms with Crippen LogP contribution in [0.5, 0.6) is 0 Å². The van der Waals surface area contributed by atoms with Gasteiger partial charge in [-0.05, 0) is 19.4 Å². The number of hydrogen-bond acceptors (Lipinski definition) is 7. The maximum absolute atomic E-state index is 11.6. The molecule has 0 aliphatic carbocycles. The van der Waals surface area contributed by atoms with E-state index < -0.39 is 25.0 Å². The number of rotatable bonds is 4. The molecule has 1 heterocycles. The number of hydrogen-bond donors (Lipinski definition) is 0. The summed E-state index contributed by atoms with van der Waals surface area (Å²) < 4.78 is 10.1. The van der Waals surface area contributed by atoms with Crippen molar-refractivity contribution in [2.45, 2.75) is 26.2 Å². The van der Waals surface area contributed by atoms with Gasteiger partial charge >= 0.3 is 19.1 Å². The van der Waals surface area contributed by atoms with Crippen molar-refractivity contribution < 1.29 is 23.7 Å². The van der Waals surface area contributed by atoms with E-state index in [1.54, 1.807) is 7.05 Å². The fourth-order valence-corrected chi connectivity index (χ4v) is 1.79. The molecule has 0 radical (unpaired) electrons. The van der Waals surface area contributed by atoms with Crippen molar-refractivity contribution in [1.82, 2.24) is 4.90 Å². The molecule has 1 aliphatic heterocycles. The number of isocyanates is 1. The van der Waals surface area contributed by atoms with E-state index in [4.69, 9.17) is 9.31 Å². The molecule has 0 saturated carbocycles. The second-order valence-electron chi connectivity index (χ2n) is 4.94. The van der Waals surface area contributed by atoms with Crippen molar-refractivity contribution >= 4 is 25.1 Å². The zero-order valence-corrected chi connectivity index (χ0v) is 11.3. The molecule has 0 aromatic rings. The van der Waals surface area contributed by atoms with E-state index in [1.807, 2.05) is 13.8 Å². The lowest BCUT2D eigenvalue weighted by atomic mass is 9.74. The van der Waals surface area contributed by atoms with E-state index >= 15 is 0 Å². The first-order valence-electron chi connectivity index (χ1n) is 6.07. The average Bonchev–Trinajstić information content (AvgIpc) is 2.24. The van der Waals surface area contributed by atoms with Gasteiger partial charge in [-0.15, -0.1) is 0 Å². The quantitative estimate of drug-likeness (QED) is 0.398. The molecule has 1 rings (SSSR count). The highest BCUT2D eigenvalue weighted by Gasteiger charge is 2.40. The molecule has 104 valence electrons. The van der Waals surface area contributed by atoms with Gasteiger partial charge in [0.25, 0.3) is 0 Å². The van der Waals surface area contributed by atoms with Gasteiger partial charge in [0, 0.05) is 0 Å². The number of likely N-dealkylation sites (N-methyl/N-ethyl adjacent to an activating group) is 1. The van der Waals surface area contributed by atoms with Crippen molar-refractivity contribution in [2.75, 3.05) is 20.1 Å². The van der Waals surface area contributed by atoms with E-state index in [0.717, 1.165) is 0 Å². The highest BCUT2D eigenvalue weighted by atomic mass is 16.6. The topological polar surface area (TPSA) is 85.3 Å². The number of carbonyl (C=O) groups is 2. The van der Waals surface area contributed by atoms with Crippen molar-refractivity contribution in [3.8, 4) is 0 Å². The molecule has 7 nitrogen and oxygen atoms in total. The minimum atomic E-state index is -1.16. The second-order valence-corrected chi connectivity index (χ2v) is 4.94. The lowest BCUT2D eigenvalue weighted by molar-refractivity contribution is -0.146. The van der Waals surface area contributed by atoms with Crippen LogP contribution in [-0.4, -0.2) is 56.1 Å². The van der Waals surface area contributed by atoms with Gasteiger partial charge in [-0.1, -0.05) is 13.8 Å². The van der Waals surface area contributed by atoms with Crippen molar-refractivity contribution in [3.05, 3.63) is 0 Å². The van der Waals surface area contributed by atoms with E-state index in [1.165, 1.54) is 11.0 Å². The normalized spacial score (nSPS) is 19.1. The Hall–Kier alpha value is -1.66. The molecule has 1 aliphatic rings.